The summed E-state index contributed by atoms with van der Waals surface area (Å²) in [5.74, 6) is 0.702. The van der Waals surface area contributed by atoms with Crippen molar-refractivity contribution in [1.82, 2.24) is 10.1 Å². The fourth-order valence-corrected chi connectivity index (χ4v) is 2.20. The number of hydrogen-bond donors (Lipinski definition) is 1. The minimum atomic E-state index is -0.282. The summed E-state index contributed by atoms with van der Waals surface area (Å²) >= 11 is 2.04. The van der Waals surface area contributed by atoms with Crippen molar-refractivity contribution in [2.45, 2.75) is 25.8 Å². The largest absolute Gasteiger partial charge is 0.334 e. The number of rotatable bonds is 4. The summed E-state index contributed by atoms with van der Waals surface area (Å²) in [6.45, 7) is 2.01. The lowest BCUT2D eigenvalue weighted by Crippen LogP contribution is -2.21. The maximum atomic E-state index is 13.0. The van der Waals surface area contributed by atoms with Gasteiger partial charge in [0.05, 0.1) is 5.56 Å². The molecule has 0 aliphatic rings. The van der Waals surface area contributed by atoms with Crippen molar-refractivity contribution in [2.75, 3.05) is 0 Å². The smallest absolute Gasteiger partial charge is 0.258 e. The molecule has 1 aromatic heterocycles. The van der Waals surface area contributed by atoms with Crippen molar-refractivity contribution in [2.24, 2.45) is 5.73 Å². The Kier molecular flexibility index (Phi) is 4.28. The van der Waals surface area contributed by atoms with Gasteiger partial charge in [0.25, 0.3) is 5.89 Å². The Morgan fingerprint density at radius 2 is 2.28 bits per heavy atom. The average Bonchev–Trinajstić information content (AvgIpc) is 2.77. The summed E-state index contributed by atoms with van der Waals surface area (Å²) in [6.07, 6.45) is 1.44. The molecule has 0 aliphatic carbocycles. The molecule has 0 fully saturated rings. The molecule has 0 radical (unpaired) electrons. The highest BCUT2D eigenvalue weighted by Gasteiger charge is 2.13. The molecular formula is C12H13FIN3O. The lowest BCUT2D eigenvalue weighted by atomic mass is 10.1. The van der Waals surface area contributed by atoms with E-state index >= 15 is 0 Å². The van der Waals surface area contributed by atoms with E-state index in [1.54, 1.807) is 6.07 Å². The van der Waals surface area contributed by atoms with Crippen LogP contribution in [0.1, 0.15) is 19.2 Å². The van der Waals surface area contributed by atoms with Crippen molar-refractivity contribution >= 4 is 22.6 Å². The van der Waals surface area contributed by atoms with Crippen LogP contribution in [0.5, 0.6) is 0 Å². The Morgan fingerprint density at radius 1 is 1.50 bits per heavy atom. The maximum Gasteiger partial charge on any atom is 0.258 e. The normalized spacial score (nSPS) is 12.7. The molecule has 18 heavy (non-hydrogen) atoms. The molecule has 1 atom stereocenters. The topological polar surface area (TPSA) is 64.9 Å². The van der Waals surface area contributed by atoms with Crippen LogP contribution in [0.25, 0.3) is 11.5 Å². The van der Waals surface area contributed by atoms with Crippen LogP contribution < -0.4 is 5.73 Å². The summed E-state index contributed by atoms with van der Waals surface area (Å²) in [4.78, 5) is 4.27. The Morgan fingerprint density at radius 3 is 2.94 bits per heavy atom. The summed E-state index contributed by atoms with van der Waals surface area (Å²) < 4.78 is 18.9. The summed E-state index contributed by atoms with van der Waals surface area (Å²) in [5, 5.41) is 3.88. The molecule has 2 aromatic rings. The summed E-state index contributed by atoms with van der Waals surface area (Å²) in [7, 11) is 0. The van der Waals surface area contributed by atoms with Crippen LogP contribution in [-0.2, 0) is 6.42 Å². The zero-order chi connectivity index (χ0) is 13.1. The maximum absolute atomic E-state index is 13.0. The zero-order valence-corrected chi connectivity index (χ0v) is 12.0. The average molecular weight is 361 g/mol. The van der Waals surface area contributed by atoms with Gasteiger partial charge in [0.2, 0.25) is 0 Å². The quantitative estimate of drug-likeness (QED) is 0.851. The molecule has 0 saturated carbocycles. The first-order valence-electron chi connectivity index (χ1n) is 5.63. The standard InChI is InChI=1S/C12H13FIN3O/c1-2-8(15)6-11-16-12(18-17-11)9-4-3-7(13)5-10(9)14/h3-5,8H,2,6,15H2,1H3. The molecule has 0 amide bonds. The van der Waals surface area contributed by atoms with E-state index in [-0.39, 0.29) is 11.9 Å². The van der Waals surface area contributed by atoms with E-state index in [9.17, 15) is 4.39 Å². The highest BCUT2D eigenvalue weighted by atomic mass is 127. The van der Waals surface area contributed by atoms with Gasteiger partial charge in [-0.3, -0.25) is 0 Å². The molecule has 0 spiro atoms. The van der Waals surface area contributed by atoms with Gasteiger partial charge in [-0.15, -0.1) is 0 Å². The Bertz CT molecular complexity index is 544. The number of hydrogen-bond acceptors (Lipinski definition) is 4. The highest BCUT2D eigenvalue weighted by molar-refractivity contribution is 14.1. The van der Waals surface area contributed by atoms with Crippen LogP contribution in [0.15, 0.2) is 22.7 Å². The van der Waals surface area contributed by atoms with Gasteiger partial charge in [-0.1, -0.05) is 12.1 Å². The first-order valence-corrected chi connectivity index (χ1v) is 6.71. The van der Waals surface area contributed by atoms with Crippen LogP contribution in [0, 0.1) is 9.39 Å². The van der Waals surface area contributed by atoms with Crippen LogP contribution in [0.4, 0.5) is 4.39 Å². The van der Waals surface area contributed by atoms with Gasteiger partial charge in [0.15, 0.2) is 5.82 Å². The van der Waals surface area contributed by atoms with Gasteiger partial charge >= 0.3 is 0 Å². The van der Waals surface area contributed by atoms with Crippen molar-refractivity contribution in [3.8, 4) is 11.5 Å². The molecule has 1 unspecified atom stereocenters. The first kappa shape index (κ1) is 13.4. The molecule has 0 bridgehead atoms. The minimum absolute atomic E-state index is 0.0303. The molecule has 2 N–H and O–H groups in total. The number of nitrogens with zero attached hydrogens (tertiary/aromatic N) is 2. The Hall–Kier alpha value is -1.02. The third kappa shape index (κ3) is 3.05. The Balaban J connectivity index is 2.24. The van der Waals surface area contributed by atoms with E-state index < -0.39 is 0 Å². The van der Waals surface area contributed by atoms with Crippen molar-refractivity contribution in [3.05, 3.63) is 33.4 Å². The van der Waals surface area contributed by atoms with E-state index in [1.165, 1.54) is 12.1 Å². The predicted molar refractivity (Wildman–Crippen MR) is 74.4 cm³/mol. The van der Waals surface area contributed by atoms with E-state index in [1.807, 2.05) is 29.5 Å². The van der Waals surface area contributed by atoms with Crippen LogP contribution >= 0.6 is 22.6 Å². The van der Waals surface area contributed by atoms with Crippen molar-refractivity contribution in [1.29, 1.82) is 0 Å². The first-order chi connectivity index (χ1) is 8.60. The second-order valence-corrected chi connectivity index (χ2v) is 5.17. The van der Waals surface area contributed by atoms with E-state index in [0.29, 0.717) is 18.1 Å². The van der Waals surface area contributed by atoms with Gasteiger partial charge < -0.3 is 10.3 Å². The summed E-state index contributed by atoms with van der Waals surface area (Å²) in [5.41, 5.74) is 6.57. The van der Waals surface area contributed by atoms with Crippen LogP contribution in [0.2, 0.25) is 0 Å². The van der Waals surface area contributed by atoms with Crippen molar-refractivity contribution < 1.29 is 8.91 Å². The molecule has 96 valence electrons. The van der Waals surface area contributed by atoms with Crippen molar-refractivity contribution in [3.63, 3.8) is 0 Å². The second-order valence-electron chi connectivity index (χ2n) is 4.01. The van der Waals surface area contributed by atoms with E-state index in [2.05, 4.69) is 10.1 Å². The van der Waals surface area contributed by atoms with E-state index in [0.717, 1.165) is 15.6 Å². The van der Waals surface area contributed by atoms with Gasteiger partial charge in [0, 0.05) is 16.0 Å². The second kappa shape index (κ2) is 5.75. The third-order valence-corrected chi connectivity index (χ3v) is 3.49. The minimum Gasteiger partial charge on any atom is -0.334 e. The fourth-order valence-electron chi connectivity index (χ4n) is 1.49. The van der Waals surface area contributed by atoms with Crippen LogP contribution in [-0.4, -0.2) is 16.2 Å². The molecular weight excluding hydrogens is 348 g/mol. The van der Waals surface area contributed by atoms with Gasteiger partial charge in [-0.05, 0) is 47.2 Å². The van der Waals surface area contributed by atoms with Gasteiger partial charge in [0.1, 0.15) is 5.82 Å². The van der Waals surface area contributed by atoms with E-state index in [4.69, 9.17) is 10.3 Å². The zero-order valence-electron chi connectivity index (χ0n) is 9.86. The SMILES string of the molecule is CCC(N)Cc1noc(-c2ccc(F)cc2I)n1. The molecule has 4 nitrogen and oxygen atoms in total. The molecule has 1 heterocycles. The molecule has 6 heteroatoms. The molecule has 0 aliphatic heterocycles. The molecule has 0 saturated heterocycles. The third-order valence-electron chi connectivity index (χ3n) is 2.60. The summed E-state index contributed by atoms with van der Waals surface area (Å²) in [6, 6.07) is 4.47. The highest BCUT2D eigenvalue weighted by Crippen LogP contribution is 2.24. The molecule has 2 rings (SSSR count). The number of halogens is 2. The van der Waals surface area contributed by atoms with Gasteiger partial charge in [-0.2, -0.15) is 4.98 Å². The molecule has 1 aromatic carbocycles. The predicted octanol–water partition coefficient (Wildman–Crippen LogP) is 2.76. The van der Waals surface area contributed by atoms with Crippen LogP contribution in [0.3, 0.4) is 0 Å². The number of aromatic nitrogens is 2. The lowest BCUT2D eigenvalue weighted by molar-refractivity contribution is 0.419. The monoisotopic (exact) mass is 361 g/mol. The lowest BCUT2D eigenvalue weighted by Gasteiger charge is -2.02. The number of nitrogens with two attached hydrogens (primary N) is 1. The fraction of sp³-hybridized carbons (Fsp3) is 0.333. The van der Waals surface area contributed by atoms with Gasteiger partial charge in [-0.25, -0.2) is 4.39 Å². The Labute approximate surface area is 118 Å². The number of benzene rings is 1.